The van der Waals surface area contributed by atoms with Gasteiger partial charge in [-0.1, -0.05) is 92.7 Å². The van der Waals surface area contributed by atoms with E-state index in [-0.39, 0.29) is 11.7 Å². The fourth-order valence-corrected chi connectivity index (χ4v) is 10.5. The Bertz CT molecular complexity index is 1980. The number of hydrogen-bond donors (Lipinski definition) is 2. The average molecular weight is 644 g/mol. The van der Waals surface area contributed by atoms with Crippen molar-refractivity contribution in [2.75, 3.05) is 0 Å². The van der Waals surface area contributed by atoms with Crippen LogP contribution >= 0.6 is 0 Å². The zero-order valence-corrected chi connectivity index (χ0v) is 27.8. The van der Waals surface area contributed by atoms with Gasteiger partial charge in [0.1, 0.15) is 23.2 Å². The Balaban J connectivity index is 1.22. The van der Waals surface area contributed by atoms with E-state index in [1.54, 1.807) is 6.08 Å². The minimum Gasteiger partial charge on any atom is -0.458 e. The van der Waals surface area contributed by atoms with E-state index in [0.29, 0.717) is 24.8 Å². The molecule has 7 heteroatoms. The lowest BCUT2D eigenvalue weighted by atomic mass is 9.41. The molecule has 3 aromatic carbocycles. The molecule has 1 aromatic heterocycles. The first kappa shape index (κ1) is 30.1. The van der Waals surface area contributed by atoms with Crippen LogP contribution in [0.1, 0.15) is 75.3 Å². The lowest BCUT2D eigenvalue weighted by molar-refractivity contribution is -0.277. The number of aromatic nitrogens is 1. The number of aromatic amines is 1. The summed E-state index contributed by atoms with van der Waals surface area (Å²) in [6, 6.07) is 27.6. The van der Waals surface area contributed by atoms with Crippen molar-refractivity contribution in [2.24, 2.45) is 11.3 Å². The molecule has 3 aliphatic carbocycles. The van der Waals surface area contributed by atoms with Crippen LogP contribution in [0.5, 0.6) is 0 Å². The zero-order chi connectivity index (χ0) is 33.3. The Labute approximate surface area is 280 Å². The van der Waals surface area contributed by atoms with E-state index in [4.69, 9.17) is 14.2 Å². The van der Waals surface area contributed by atoms with Gasteiger partial charge in [0, 0.05) is 39.4 Å². The average Bonchev–Trinajstić information content (AvgIpc) is 3.66. The van der Waals surface area contributed by atoms with Crippen molar-refractivity contribution >= 4 is 22.7 Å². The predicted molar refractivity (Wildman–Crippen MR) is 180 cm³/mol. The van der Waals surface area contributed by atoms with E-state index < -0.39 is 51.9 Å². The summed E-state index contributed by atoms with van der Waals surface area (Å²) in [5, 5.41) is 14.9. The van der Waals surface area contributed by atoms with Gasteiger partial charge in [0.25, 0.3) is 0 Å². The number of carbonyl (C=O) groups is 2. The van der Waals surface area contributed by atoms with Gasteiger partial charge in [-0.15, -0.1) is 0 Å². The highest BCUT2D eigenvalue weighted by molar-refractivity contribution is 5.97. The number of H-pyrrole nitrogens is 1. The number of hydrogen-bond acceptors (Lipinski definition) is 6. The summed E-state index contributed by atoms with van der Waals surface area (Å²) < 4.78 is 19.9. The molecule has 2 saturated carbocycles. The molecule has 9 rings (SSSR count). The SMILES string of the molecule is CC1(C)OC23CC[C@]4(C)[C@@]5(C)c6[nH]c7ccccc7c6C[C@@H]5C[C@H](OC(=O)C(c5ccccc5)c5ccccc5)[C@@]4(O)C2=CC(=O)[C@@H]1O3. The molecule has 1 spiro atoms. The van der Waals surface area contributed by atoms with Gasteiger partial charge in [-0.2, -0.15) is 0 Å². The summed E-state index contributed by atoms with van der Waals surface area (Å²) in [6.07, 6.45) is 2.06. The fourth-order valence-electron chi connectivity index (χ4n) is 10.5. The van der Waals surface area contributed by atoms with E-state index in [1.165, 1.54) is 10.9 Å². The first-order chi connectivity index (χ1) is 22.9. The lowest BCUT2D eigenvalue weighted by Gasteiger charge is -2.67. The van der Waals surface area contributed by atoms with Gasteiger partial charge < -0.3 is 24.3 Å². The van der Waals surface area contributed by atoms with Crippen molar-refractivity contribution in [1.29, 1.82) is 0 Å². The molecule has 1 saturated heterocycles. The van der Waals surface area contributed by atoms with Gasteiger partial charge in [-0.3, -0.25) is 9.59 Å². The monoisotopic (exact) mass is 643 g/mol. The molecule has 7 atom stereocenters. The molecular formula is C41H41NO6. The molecule has 3 heterocycles. The number of rotatable bonds is 4. The Hall–Kier alpha value is -4.04. The van der Waals surface area contributed by atoms with Crippen LogP contribution in [0.25, 0.3) is 10.9 Å². The quantitative estimate of drug-likeness (QED) is 0.241. The van der Waals surface area contributed by atoms with Gasteiger partial charge >= 0.3 is 5.97 Å². The molecule has 2 bridgehead atoms. The largest absolute Gasteiger partial charge is 0.458 e. The van der Waals surface area contributed by atoms with Crippen LogP contribution in [0.3, 0.4) is 0 Å². The molecule has 5 aliphatic rings. The summed E-state index contributed by atoms with van der Waals surface area (Å²) in [4.78, 5) is 32.2. The minimum atomic E-state index is -1.77. The number of esters is 1. The summed E-state index contributed by atoms with van der Waals surface area (Å²) in [5.74, 6) is -2.58. The Kier molecular flexibility index (Phi) is 6.12. The number of benzene rings is 3. The normalized spacial score (nSPS) is 35.8. The number of carbonyl (C=O) groups excluding carboxylic acids is 2. The van der Waals surface area contributed by atoms with Crippen molar-refractivity contribution in [3.63, 3.8) is 0 Å². The molecule has 246 valence electrons. The Morgan fingerprint density at radius 2 is 1.56 bits per heavy atom. The van der Waals surface area contributed by atoms with Crippen molar-refractivity contribution in [1.82, 2.24) is 4.98 Å². The Morgan fingerprint density at radius 1 is 0.917 bits per heavy atom. The molecule has 3 fully saturated rings. The van der Waals surface area contributed by atoms with Crippen LogP contribution in [-0.2, 0) is 35.6 Å². The van der Waals surface area contributed by atoms with Gasteiger partial charge in [0.2, 0.25) is 0 Å². The Morgan fingerprint density at radius 3 is 2.25 bits per heavy atom. The summed E-state index contributed by atoms with van der Waals surface area (Å²) >= 11 is 0. The van der Waals surface area contributed by atoms with Gasteiger partial charge in [-0.25, -0.2) is 0 Å². The van der Waals surface area contributed by atoms with Crippen LogP contribution < -0.4 is 0 Å². The summed E-state index contributed by atoms with van der Waals surface area (Å²) in [6.45, 7) is 8.11. The van der Waals surface area contributed by atoms with Gasteiger partial charge in [-0.05, 0) is 67.9 Å². The first-order valence-electron chi connectivity index (χ1n) is 17.2. The molecule has 2 N–H and O–H groups in total. The fraction of sp³-hybridized carbons (Fsp3) is 0.415. The van der Waals surface area contributed by atoms with Gasteiger partial charge in [0.05, 0.1) is 0 Å². The third-order valence-electron chi connectivity index (χ3n) is 13.0. The third kappa shape index (κ3) is 3.65. The predicted octanol–water partition coefficient (Wildman–Crippen LogP) is 6.68. The van der Waals surface area contributed by atoms with Crippen molar-refractivity contribution < 1.29 is 28.9 Å². The molecule has 1 unspecified atom stereocenters. The zero-order valence-electron chi connectivity index (χ0n) is 27.8. The number of nitrogens with one attached hydrogen (secondary N) is 1. The molecule has 2 aliphatic heterocycles. The minimum absolute atomic E-state index is 0.0712. The number of aliphatic hydroxyl groups is 1. The van der Waals surface area contributed by atoms with Crippen LogP contribution in [0.4, 0.5) is 0 Å². The van der Waals surface area contributed by atoms with E-state index >= 15 is 0 Å². The van der Waals surface area contributed by atoms with Crippen LogP contribution in [0.2, 0.25) is 0 Å². The molecule has 48 heavy (non-hydrogen) atoms. The topological polar surface area (TPSA) is 97.9 Å². The van der Waals surface area contributed by atoms with E-state index in [2.05, 4.69) is 37.0 Å². The second-order valence-electron chi connectivity index (χ2n) is 15.6. The molecule has 4 aromatic rings. The smallest absolute Gasteiger partial charge is 0.318 e. The van der Waals surface area contributed by atoms with E-state index in [0.717, 1.165) is 28.8 Å². The standard InChI is InChI=1S/C41H41NO6/c1-37(2)35-30(43)23-31-40(47-35,48-37)20-19-38(3)39(4)26(21-28-27-17-11-12-18-29(27)42-34(28)39)22-32(41(31,38)45)46-36(44)33(24-13-7-5-8-14-24)25-15-9-6-10-16-25/h5-18,23,26,32-33,35,42,45H,19-22H2,1-4H3/t26-,32+,35+,38-,39-,40?,41+/m1/s1. The van der Waals surface area contributed by atoms with Crippen LogP contribution in [0.15, 0.2) is 96.6 Å². The number of fused-ring (bicyclic) bond motifs is 9. The van der Waals surface area contributed by atoms with Crippen molar-refractivity contribution in [2.45, 2.75) is 93.9 Å². The summed E-state index contributed by atoms with van der Waals surface area (Å²) in [5.41, 5.74) is 1.40. The summed E-state index contributed by atoms with van der Waals surface area (Å²) in [7, 11) is 0. The maximum Gasteiger partial charge on any atom is 0.318 e. The van der Waals surface area contributed by atoms with Crippen LogP contribution in [0, 0.1) is 11.3 Å². The highest BCUT2D eigenvalue weighted by Gasteiger charge is 2.78. The maximum atomic E-state index is 14.6. The van der Waals surface area contributed by atoms with Crippen LogP contribution in [-0.4, -0.2) is 51.0 Å². The van der Waals surface area contributed by atoms with Gasteiger partial charge in [0.15, 0.2) is 17.7 Å². The highest BCUT2D eigenvalue weighted by atomic mass is 16.8. The molecule has 0 amide bonds. The van der Waals surface area contributed by atoms with E-state index in [9.17, 15) is 14.7 Å². The molecular weight excluding hydrogens is 602 g/mol. The lowest BCUT2D eigenvalue weighted by Crippen LogP contribution is -2.75. The maximum absolute atomic E-state index is 14.6. The number of para-hydroxylation sites is 1. The van der Waals surface area contributed by atoms with E-state index in [1.807, 2.05) is 80.6 Å². The highest BCUT2D eigenvalue weighted by Crippen LogP contribution is 2.72. The second-order valence-corrected chi connectivity index (χ2v) is 15.6. The van der Waals surface area contributed by atoms with Crippen molar-refractivity contribution in [3.8, 4) is 0 Å². The first-order valence-corrected chi connectivity index (χ1v) is 17.2. The molecule has 7 nitrogen and oxygen atoms in total. The number of ether oxygens (including phenoxy) is 3. The van der Waals surface area contributed by atoms with Crippen molar-refractivity contribution in [3.05, 3.63) is 119 Å². The third-order valence-corrected chi connectivity index (χ3v) is 13.0. The second kappa shape index (κ2) is 9.78. The molecule has 0 radical (unpaired) electrons. The number of ketones is 1.